The van der Waals surface area contributed by atoms with Crippen LogP contribution in [0.1, 0.15) is 17.0 Å². The molecule has 0 saturated carbocycles. The van der Waals surface area contributed by atoms with Gasteiger partial charge in [-0.3, -0.25) is 9.36 Å². The Morgan fingerprint density at radius 3 is 2.95 bits per heavy atom. The van der Waals surface area contributed by atoms with Crippen LogP contribution in [0.3, 0.4) is 0 Å². The molecule has 1 aromatic heterocycles. The molecule has 19 heavy (non-hydrogen) atoms. The number of rotatable bonds is 2. The van der Waals surface area contributed by atoms with E-state index in [4.69, 9.17) is 5.26 Å². The quantitative estimate of drug-likeness (QED) is 0.763. The van der Waals surface area contributed by atoms with Gasteiger partial charge in [-0.1, -0.05) is 6.07 Å². The van der Waals surface area contributed by atoms with Gasteiger partial charge >= 0.3 is 0 Å². The number of benzene rings is 1. The van der Waals surface area contributed by atoms with Crippen LogP contribution in [0.4, 0.5) is 4.39 Å². The molecular formula is C13H9FIN3O. The predicted octanol–water partition coefficient (Wildman–Crippen LogP) is 2.22. The summed E-state index contributed by atoms with van der Waals surface area (Å²) in [5, 5.41) is 8.79. The molecule has 0 aliphatic rings. The minimum atomic E-state index is -0.559. The summed E-state index contributed by atoms with van der Waals surface area (Å²) >= 11 is 1.92. The lowest BCUT2D eigenvalue weighted by molar-refractivity contribution is 0.621. The Morgan fingerprint density at radius 1 is 1.53 bits per heavy atom. The van der Waals surface area contributed by atoms with Crippen LogP contribution >= 0.6 is 22.6 Å². The van der Waals surface area contributed by atoms with Crippen LogP contribution in [0.15, 0.2) is 29.2 Å². The lowest BCUT2D eigenvalue weighted by Crippen LogP contribution is -2.26. The number of aryl methyl sites for hydroxylation is 1. The standard InChI is InChI=1S/C13H9FIN3O/c1-8-17-6-12(15)13(19)18(8)7-9-2-3-11(14)10(4-9)5-16/h2-4,6H,7H2,1H3. The van der Waals surface area contributed by atoms with E-state index in [1.807, 2.05) is 22.6 Å². The molecule has 0 fully saturated rings. The highest BCUT2D eigenvalue weighted by atomic mass is 127. The Labute approximate surface area is 122 Å². The van der Waals surface area contributed by atoms with E-state index in [0.29, 0.717) is 15.0 Å². The van der Waals surface area contributed by atoms with E-state index in [9.17, 15) is 9.18 Å². The molecule has 4 nitrogen and oxygen atoms in total. The van der Waals surface area contributed by atoms with Crippen molar-refractivity contribution in [2.24, 2.45) is 0 Å². The molecule has 0 aliphatic heterocycles. The average Bonchev–Trinajstić information content (AvgIpc) is 2.41. The van der Waals surface area contributed by atoms with Crippen molar-refractivity contribution < 1.29 is 4.39 Å². The number of nitriles is 1. The summed E-state index contributed by atoms with van der Waals surface area (Å²) in [6, 6.07) is 6.02. The molecule has 0 saturated heterocycles. The summed E-state index contributed by atoms with van der Waals surface area (Å²) in [5.41, 5.74) is 0.518. The molecule has 0 radical (unpaired) electrons. The van der Waals surface area contributed by atoms with Crippen LogP contribution in [0.25, 0.3) is 0 Å². The van der Waals surface area contributed by atoms with Gasteiger partial charge in [-0.05, 0) is 47.2 Å². The fraction of sp³-hybridized carbons (Fsp3) is 0.154. The first-order valence-corrected chi connectivity index (χ1v) is 6.51. The molecule has 1 aromatic carbocycles. The van der Waals surface area contributed by atoms with Gasteiger partial charge in [0.1, 0.15) is 17.7 Å². The van der Waals surface area contributed by atoms with E-state index >= 15 is 0 Å². The average molecular weight is 369 g/mol. The second kappa shape index (κ2) is 5.48. The summed E-state index contributed by atoms with van der Waals surface area (Å²) in [4.78, 5) is 16.1. The molecule has 1 heterocycles. The zero-order valence-electron chi connectivity index (χ0n) is 10.0. The van der Waals surface area contributed by atoms with Gasteiger partial charge in [0.05, 0.1) is 15.7 Å². The van der Waals surface area contributed by atoms with Gasteiger partial charge < -0.3 is 0 Å². The van der Waals surface area contributed by atoms with E-state index in [1.54, 1.807) is 19.1 Å². The van der Waals surface area contributed by atoms with Crippen molar-refractivity contribution in [2.45, 2.75) is 13.5 Å². The molecule has 0 bridgehead atoms. The number of halogens is 2. The van der Waals surface area contributed by atoms with Gasteiger partial charge in [0.2, 0.25) is 0 Å². The number of hydrogen-bond acceptors (Lipinski definition) is 3. The third-order valence-corrected chi connectivity index (χ3v) is 3.44. The van der Waals surface area contributed by atoms with E-state index in [-0.39, 0.29) is 17.7 Å². The molecule has 0 spiro atoms. The van der Waals surface area contributed by atoms with Crippen molar-refractivity contribution in [3.63, 3.8) is 0 Å². The maximum Gasteiger partial charge on any atom is 0.267 e. The Hall–Kier alpha value is -1.75. The predicted molar refractivity (Wildman–Crippen MR) is 76.2 cm³/mol. The third kappa shape index (κ3) is 2.81. The Bertz CT molecular complexity index is 734. The highest BCUT2D eigenvalue weighted by Crippen LogP contribution is 2.11. The lowest BCUT2D eigenvalue weighted by Gasteiger charge is -2.09. The Balaban J connectivity index is 2.46. The van der Waals surface area contributed by atoms with Crippen LogP contribution < -0.4 is 5.56 Å². The molecule has 96 valence electrons. The fourth-order valence-corrected chi connectivity index (χ4v) is 2.11. The third-order valence-electron chi connectivity index (χ3n) is 2.70. The molecule has 0 aliphatic carbocycles. The van der Waals surface area contributed by atoms with Gasteiger partial charge in [-0.25, -0.2) is 9.37 Å². The summed E-state index contributed by atoms with van der Waals surface area (Å²) in [6.07, 6.45) is 1.51. The van der Waals surface area contributed by atoms with Crippen molar-refractivity contribution in [2.75, 3.05) is 0 Å². The van der Waals surface area contributed by atoms with Crippen molar-refractivity contribution in [1.82, 2.24) is 9.55 Å². The van der Waals surface area contributed by atoms with E-state index in [0.717, 1.165) is 0 Å². The smallest absolute Gasteiger partial charge is 0.267 e. The van der Waals surface area contributed by atoms with Gasteiger partial charge in [0, 0.05) is 6.20 Å². The first-order chi connectivity index (χ1) is 9.02. The molecule has 2 aromatic rings. The van der Waals surface area contributed by atoms with Gasteiger partial charge in [-0.2, -0.15) is 5.26 Å². The summed E-state index contributed by atoms with van der Waals surface area (Å²) < 4.78 is 15.2. The zero-order valence-corrected chi connectivity index (χ0v) is 12.2. The van der Waals surface area contributed by atoms with Crippen LogP contribution in [-0.4, -0.2) is 9.55 Å². The highest BCUT2D eigenvalue weighted by molar-refractivity contribution is 14.1. The fourth-order valence-electron chi connectivity index (χ4n) is 1.68. The van der Waals surface area contributed by atoms with Crippen molar-refractivity contribution >= 4 is 22.6 Å². The first-order valence-electron chi connectivity index (χ1n) is 5.43. The summed E-state index contributed by atoms with van der Waals surface area (Å²) in [5.74, 6) is 0.0179. The van der Waals surface area contributed by atoms with Crippen molar-refractivity contribution in [3.8, 4) is 6.07 Å². The minimum Gasteiger partial charge on any atom is -0.292 e. The minimum absolute atomic E-state index is 0.0261. The first kappa shape index (κ1) is 13.7. The molecule has 2 rings (SSSR count). The highest BCUT2D eigenvalue weighted by Gasteiger charge is 2.08. The largest absolute Gasteiger partial charge is 0.292 e. The molecule has 6 heteroatoms. The van der Waals surface area contributed by atoms with Crippen LogP contribution in [0, 0.1) is 27.6 Å². The van der Waals surface area contributed by atoms with Crippen molar-refractivity contribution in [3.05, 3.63) is 61.1 Å². The van der Waals surface area contributed by atoms with Gasteiger partial charge in [0.25, 0.3) is 5.56 Å². The van der Waals surface area contributed by atoms with Crippen LogP contribution in [-0.2, 0) is 6.54 Å². The maximum atomic E-state index is 13.2. The Kier molecular flexibility index (Phi) is 3.95. The maximum absolute atomic E-state index is 13.2. The summed E-state index contributed by atoms with van der Waals surface area (Å²) in [6.45, 7) is 2.00. The van der Waals surface area contributed by atoms with Gasteiger partial charge in [0.15, 0.2) is 0 Å². The van der Waals surface area contributed by atoms with E-state index in [1.165, 1.54) is 22.9 Å². The lowest BCUT2D eigenvalue weighted by atomic mass is 10.1. The second-order valence-electron chi connectivity index (χ2n) is 3.97. The van der Waals surface area contributed by atoms with E-state index < -0.39 is 5.82 Å². The molecular weight excluding hydrogens is 360 g/mol. The number of nitrogens with zero attached hydrogens (tertiary/aromatic N) is 3. The van der Waals surface area contributed by atoms with E-state index in [2.05, 4.69) is 4.98 Å². The Morgan fingerprint density at radius 2 is 2.26 bits per heavy atom. The SMILES string of the molecule is Cc1ncc(I)c(=O)n1Cc1ccc(F)c(C#N)c1. The normalized spacial score (nSPS) is 10.2. The topological polar surface area (TPSA) is 58.7 Å². The number of aromatic nitrogens is 2. The van der Waals surface area contributed by atoms with Crippen molar-refractivity contribution in [1.29, 1.82) is 5.26 Å². The van der Waals surface area contributed by atoms with Crippen LogP contribution in [0.2, 0.25) is 0 Å². The molecule has 0 unspecified atom stereocenters. The summed E-state index contributed by atoms with van der Waals surface area (Å²) in [7, 11) is 0. The molecule has 0 atom stereocenters. The molecule has 0 N–H and O–H groups in total. The zero-order chi connectivity index (χ0) is 14.0. The monoisotopic (exact) mass is 369 g/mol. The number of hydrogen-bond donors (Lipinski definition) is 0. The molecule has 0 amide bonds. The van der Waals surface area contributed by atoms with Gasteiger partial charge in [-0.15, -0.1) is 0 Å². The second-order valence-corrected chi connectivity index (χ2v) is 5.13. The van der Waals surface area contributed by atoms with Crippen LogP contribution in [0.5, 0.6) is 0 Å².